The fourth-order valence-corrected chi connectivity index (χ4v) is 3.30. The molecule has 2 aromatic carbocycles. The Kier molecular flexibility index (Phi) is 5.73. The number of benzene rings is 2. The minimum atomic E-state index is -2.96. The predicted octanol–water partition coefficient (Wildman–Crippen LogP) is 3.47. The smallest absolute Gasteiger partial charge is 0.387 e. The molecule has 1 fully saturated rings. The van der Waals surface area contributed by atoms with Crippen LogP contribution in [0.25, 0.3) is 0 Å². The number of imide groups is 1. The van der Waals surface area contributed by atoms with Crippen LogP contribution in [0, 0.1) is 0 Å². The third-order valence-electron chi connectivity index (χ3n) is 4.95. The second kappa shape index (κ2) is 8.10. The van der Waals surface area contributed by atoms with E-state index in [4.69, 9.17) is 4.74 Å². The lowest BCUT2D eigenvalue weighted by Gasteiger charge is -2.23. The van der Waals surface area contributed by atoms with Gasteiger partial charge in [-0.1, -0.05) is 12.1 Å². The molecular formula is C21H20F2N2O5. The highest BCUT2D eigenvalue weighted by atomic mass is 19.3. The molecule has 1 atom stereocenters. The number of alkyl halides is 2. The van der Waals surface area contributed by atoms with Crippen LogP contribution in [0.3, 0.4) is 0 Å². The minimum absolute atomic E-state index is 0.0586. The Balaban J connectivity index is 1.88. The zero-order valence-corrected chi connectivity index (χ0v) is 16.6. The van der Waals surface area contributed by atoms with Crippen molar-refractivity contribution in [3.05, 3.63) is 59.2 Å². The molecule has 1 aliphatic rings. The fourth-order valence-electron chi connectivity index (χ4n) is 3.30. The maximum Gasteiger partial charge on any atom is 0.387 e. The molecule has 0 aliphatic carbocycles. The topological polar surface area (TPSA) is 84.9 Å². The van der Waals surface area contributed by atoms with E-state index >= 15 is 0 Å². The Morgan fingerprint density at radius 3 is 2.40 bits per heavy atom. The number of amides is 3. The second-order valence-corrected chi connectivity index (χ2v) is 6.93. The van der Waals surface area contributed by atoms with Crippen molar-refractivity contribution < 1.29 is 32.6 Å². The molecule has 0 saturated carbocycles. The van der Waals surface area contributed by atoms with Gasteiger partial charge >= 0.3 is 12.6 Å². The molecule has 158 valence electrons. The first kappa shape index (κ1) is 21.2. The van der Waals surface area contributed by atoms with Gasteiger partial charge < -0.3 is 14.8 Å². The van der Waals surface area contributed by atoms with Crippen LogP contribution in [0.1, 0.15) is 35.3 Å². The molecule has 1 unspecified atom stereocenters. The van der Waals surface area contributed by atoms with Crippen LogP contribution >= 0.6 is 0 Å². The highest BCUT2D eigenvalue weighted by Gasteiger charge is 2.49. The summed E-state index contributed by atoms with van der Waals surface area (Å²) < 4.78 is 34.3. The van der Waals surface area contributed by atoms with Gasteiger partial charge in [0.1, 0.15) is 17.0 Å². The van der Waals surface area contributed by atoms with Gasteiger partial charge in [-0.3, -0.25) is 14.5 Å². The number of ketones is 1. The minimum Gasteiger partial charge on any atom is -0.496 e. The number of nitrogens with one attached hydrogen (secondary N) is 1. The number of hydrogen-bond acceptors (Lipinski definition) is 5. The molecule has 2 aromatic rings. The molecule has 1 saturated heterocycles. The van der Waals surface area contributed by atoms with E-state index < -0.39 is 24.1 Å². The van der Waals surface area contributed by atoms with Crippen molar-refractivity contribution in [1.82, 2.24) is 10.2 Å². The number of carbonyl (C=O) groups excluding carboxylic acids is 3. The van der Waals surface area contributed by atoms with E-state index in [0.717, 1.165) is 4.90 Å². The van der Waals surface area contributed by atoms with Gasteiger partial charge in [0.25, 0.3) is 5.91 Å². The van der Waals surface area contributed by atoms with Gasteiger partial charge in [-0.05, 0) is 49.7 Å². The first-order chi connectivity index (χ1) is 14.2. The number of hydrogen-bond donors (Lipinski definition) is 1. The number of Topliss-reactive ketones (excluding diaryl/α,β-unsaturated/α-hetero) is 1. The average molecular weight is 418 g/mol. The van der Waals surface area contributed by atoms with E-state index in [1.807, 2.05) is 0 Å². The Morgan fingerprint density at radius 1 is 1.17 bits per heavy atom. The summed E-state index contributed by atoms with van der Waals surface area (Å²) in [5.41, 5.74) is -0.0467. The van der Waals surface area contributed by atoms with Gasteiger partial charge in [0.05, 0.1) is 13.7 Å². The molecule has 3 rings (SSSR count). The van der Waals surface area contributed by atoms with Crippen LogP contribution in [-0.4, -0.2) is 36.3 Å². The first-order valence-electron chi connectivity index (χ1n) is 9.03. The van der Waals surface area contributed by atoms with Crippen LogP contribution in [0.2, 0.25) is 0 Å². The number of nitrogens with zero attached hydrogens (tertiary/aromatic N) is 1. The lowest BCUT2D eigenvalue weighted by molar-refractivity contribution is -0.131. The summed E-state index contributed by atoms with van der Waals surface area (Å²) in [6.45, 7) is -0.121. The summed E-state index contributed by atoms with van der Waals surface area (Å²) in [6, 6.07) is 9.64. The van der Waals surface area contributed by atoms with E-state index in [9.17, 15) is 23.2 Å². The van der Waals surface area contributed by atoms with Crippen molar-refractivity contribution in [3.63, 3.8) is 0 Å². The molecule has 0 aromatic heterocycles. The van der Waals surface area contributed by atoms with Crippen molar-refractivity contribution in [2.75, 3.05) is 7.11 Å². The van der Waals surface area contributed by atoms with Crippen molar-refractivity contribution in [2.24, 2.45) is 0 Å². The standard InChI is InChI=1S/C21H20F2N2O5/c1-12(26)13-4-9-17(29-3)14(10-13)11-25-18(27)21(2,24-20(25)28)15-5-7-16(8-6-15)30-19(22)23/h4-10,19H,11H2,1-3H3,(H,24,28). The lowest BCUT2D eigenvalue weighted by Crippen LogP contribution is -2.40. The molecule has 1 aliphatic heterocycles. The molecule has 9 heteroatoms. The molecule has 0 spiro atoms. The average Bonchev–Trinajstić information content (AvgIpc) is 2.92. The molecule has 7 nitrogen and oxygen atoms in total. The number of carbonyl (C=O) groups is 3. The fraction of sp³-hybridized carbons (Fsp3) is 0.286. The van der Waals surface area contributed by atoms with E-state index in [-0.39, 0.29) is 18.1 Å². The van der Waals surface area contributed by atoms with E-state index in [2.05, 4.69) is 10.1 Å². The van der Waals surface area contributed by atoms with Gasteiger partial charge in [0.2, 0.25) is 0 Å². The van der Waals surface area contributed by atoms with Gasteiger partial charge in [-0.15, -0.1) is 0 Å². The molecule has 30 heavy (non-hydrogen) atoms. The Bertz CT molecular complexity index is 993. The largest absolute Gasteiger partial charge is 0.496 e. The Morgan fingerprint density at radius 2 is 1.83 bits per heavy atom. The molecule has 3 amide bonds. The number of urea groups is 1. The SMILES string of the molecule is COc1ccc(C(C)=O)cc1CN1C(=O)NC(C)(c2ccc(OC(F)F)cc2)C1=O. The van der Waals surface area contributed by atoms with E-state index in [1.165, 1.54) is 45.2 Å². The van der Waals surface area contributed by atoms with Crippen molar-refractivity contribution in [2.45, 2.75) is 32.5 Å². The number of rotatable bonds is 7. The summed E-state index contributed by atoms with van der Waals surface area (Å²) >= 11 is 0. The van der Waals surface area contributed by atoms with Gasteiger partial charge in [-0.25, -0.2) is 4.79 Å². The monoisotopic (exact) mass is 418 g/mol. The van der Waals surface area contributed by atoms with Gasteiger partial charge in [0, 0.05) is 11.1 Å². The number of halogens is 2. The van der Waals surface area contributed by atoms with Gasteiger partial charge in [0.15, 0.2) is 5.78 Å². The summed E-state index contributed by atoms with van der Waals surface area (Å²) in [5, 5.41) is 2.64. The third kappa shape index (κ3) is 3.96. The molecule has 1 heterocycles. The van der Waals surface area contributed by atoms with E-state index in [0.29, 0.717) is 22.4 Å². The normalized spacial score (nSPS) is 18.5. The summed E-state index contributed by atoms with van der Waals surface area (Å²) in [4.78, 5) is 38.4. The van der Waals surface area contributed by atoms with Crippen LogP contribution < -0.4 is 14.8 Å². The highest BCUT2D eigenvalue weighted by molar-refractivity contribution is 6.07. The summed E-state index contributed by atoms with van der Waals surface area (Å²) in [5.74, 6) is -0.308. The molecule has 0 radical (unpaired) electrons. The van der Waals surface area contributed by atoms with Crippen LogP contribution in [0.5, 0.6) is 11.5 Å². The van der Waals surface area contributed by atoms with Crippen LogP contribution in [-0.2, 0) is 16.9 Å². The van der Waals surface area contributed by atoms with Crippen molar-refractivity contribution >= 4 is 17.7 Å². The van der Waals surface area contributed by atoms with Crippen molar-refractivity contribution in [3.8, 4) is 11.5 Å². The molecule has 0 bridgehead atoms. The third-order valence-corrected chi connectivity index (χ3v) is 4.95. The highest BCUT2D eigenvalue weighted by Crippen LogP contribution is 2.32. The zero-order chi connectivity index (χ0) is 22.1. The van der Waals surface area contributed by atoms with Crippen LogP contribution in [0.4, 0.5) is 13.6 Å². The number of ether oxygens (including phenoxy) is 2. The quantitative estimate of drug-likeness (QED) is 0.550. The van der Waals surface area contributed by atoms with E-state index in [1.54, 1.807) is 18.2 Å². The Hall–Kier alpha value is -3.49. The first-order valence-corrected chi connectivity index (χ1v) is 9.03. The van der Waals surface area contributed by atoms with Gasteiger partial charge in [-0.2, -0.15) is 8.78 Å². The Labute approximate surface area is 171 Å². The van der Waals surface area contributed by atoms with Crippen molar-refractivity contribution in [1.29, 1.82) is 0 Å². The molecular weight excluding hydrogens is 398 g/mol. The number of methoxy groups -OCH3 is 1. The maximum atomic E-state index is 13.1. The summed E-state index contributed by atoms with van der Waals surface area (Å²) in [6.07, 6.45) is 0. The maximum absolute atomic E-state index is 13.1. The second-order valence-electron chi connectivity index (χ2n) is 6.93. The zero-order valence-electron chi connectivity index (χ0n) is 16.6. The van der Waals surface area contributed by atoms with Crippen LogP contribution in [0.15, 0.2) is 42.5 Å². The predicted molar refractivity (Wildman–Crippen MR) is 103 cm³/mol. The lowest BCUT2D eigenvalue weighted by atomic mass is 9.92. The summed E-state index contributed by atoms with van der Waals surface area (Å²) in [7, 11) is 1.45. The molecule has 1 N–H and O–H groups in total.